The predicted octanol–water partition coefficient (Wildman–Crippen LogP) is 3.58. The fourth-order valence-corrected chi connectivity index (χ4v) is 5.14. The van der Waals surface area contributed by atoms with Crippen LogP contribution in [-0.4, -0.2) is 49.4 Å². The third-order valence-electron chi connectivity index (χ3n) is 4.56. The summed E-state index contributed by atoms with van der Waals surface area (Å²) in [4.78, 5) is 24.1. The summed E-state index contributed by atoms with van der Waals surface area (Å²) in [6.45, 7) is 3.67. The van der Waals surface area contributed by atoms with Gasteiger partial charge in [-0.25, -0.2) is 13.2 Å². The van der Waals surface area contributed by atoms with E-state index in [1.165, 1.54) is 39.5 Å². The van der Waals surface area contributed by atoms with Crippen molar-refractivity contribution < 1.29 is 27.9 Å². The molecule has 166 valence electrons. The largest absolute Gasteiger partial charge is 0.507 e. The van der Waals surface area contributed by atoms with Crippen LogP contribution in [0.4, 0.5) is 10.5 Å². The highest BCUT2D eigenvalue weighted by molar-refractivity contribution is 7.89. The normalized spacial score (nSPS) is 14.3. The zero-order valence-electron chi connectivity index (χ0n) is 16.6. The van der Waals surface area contributed by atoms with E-state index in [9.17, 15) is 23.1 Å². The maximum absolute atomic E-state index is 12.8. The molecule has 2 aromatic carbocycles. The SMILES string of the molecule is CCN(CC)S(=O)(=O)c1cc(Oc2c(Cl)cc(N3CC(=O)NC3=O)cc2Cl)ccc1O. The third kappa shape index (κ3) is 4.57. The summed E-state index contributed by atoms with van der Waals surface area (Å²) in [6, 6.07) is 5.93. The maximum Gasteiger partial charge on any atom is 0.329 e. The lowest BCUT2D eigenvalue weighted by atomic mass is 10.2. The zero-order valence-corrected chi connectivity index (χ0v) is 18.9. The molecular weight excluding hydrogens is 469 g/mol. The van der Waals surface area contributed by atoms with Crippen LogP contribution in [-0.2, 0) is 14.8 Å². The number of halogens is 2. The van der Waals surface area contributed by atoms with Gasteiger partial charge in [0.1, 0.15) is 22.9 Å². The fraction of sp³-hybridized carbons (Fsp3) is 0.263. The number of hydrogen-bond acceptors (Lipinski definition) is 6. The van der Waals surface area contributed by atoms with Crippen LogP contribution in [0.15, 0.2) is 35.2 Å². The van der Waals surface area contributed by atoms with Crippen LogP contribution in [0.1, 0.15) is 13.8 Å². The summed E-state index contributed by atoms with van der Waals surface area (Å²) in [7, 11) is -3.94. The van der Waals surface area contributed by atoms with Crippen molar-refractivity contribution in [3.63, 3.8) is 0 Å². The van der Waals surface area contributed by atoms with Gasteiger partial charge in [-0.15, -0.1) is 0 Å². The van der Waals surface area contributed by atoms with Gasteiger partial charge in [0.25, 0.3) is 0 Å². The van der Waals surface area contributed by atoms with Crippen LogP contribution in [0.25, 0.3) is 0 Å². The summed E-state index contributed by atoms with van der Waals surface area (Å²) in [5.74, 6) is -0.774. The smallest absolute Gasteiger partial charge is 0.329 e. The quantitative estimate of drug-likeness (QED) is 0.576. The molecule has 1 saturated heterocycles. The van der Waals surface area contributed by atoms with Gasteiger partial charge < -0.3 is 9.84 Å². The van der Waals surface area contributed by atoms with E-state index in [0.717, 1.165) is 0 Å². The number of rotatable bonds is 7. The molecule has 31 heavy (non-hydrogen) atoms. The molecule has 12 heteroatoms. The first-order valence-corrected chi connectivity index (χ1v) is 11.4. The standard InChI is InChI=1S/C19H19Cl2N3O6S/c1-3-23(4-2)31(28,29)16-9-12(5-6-15(16)25)30-18-13(20)7-11(8-14(18)21)24-10-17(26)22-19(24)27/h5-9,25H,3-4,10H2,1-2H3,(H,22,26,27). The number of carbonyl (C=O) groups excluding carboxylic acids is 2. The topological polar surface area (TPSA) is 116 Å². The molecule has 9 nitrogen and oxygen atoms in total. The second-order valence-corrected chi connectivity index (χ2v) is 9.22. The van der Waals surface area contributed by atoms with Crippen molar-refractivity contribution in [2.75, 3.05) is 24.5 Å². The van der Waals surface area contributed by atoms with Gasteiger partial charge in [-0.05, 0) is 24.3 Å². The van der Waals surface area contributed by atoms with Gasteiger partial charge in [-0.3, -0.25) is 15.0 Å². The van der Waals surface area contributed by atoms with Crippen LogP contribution >= 0.6 is 23.2 Å². The lowest BCUT2D eigenvalue weighted by molar-refractivity contribution is -0.117. The van der Waals surface area contributed by atoms with E-state index in [-0.39, 0.29) is 46.1 Å². The van der Waals surface area contributed by atoms with E-state index in [0.29, 0.717) is 5.69 Å². The maximum atomic E-state index is 12.8. The molecule has 0 radical (unpaired) electrons. The monoisotopic (exact) mass is 487 g/mol. The molecule has 0 spiro atoms. The Bertz CT molecular complexity index is 1130. The molecule has 0 aromatic heterocycles. The van der Waals surface area contributed by atoms with Crippen molar-refractivity contribution in [1.82, 2.24) is 9.62 Å². The van der Waals surface area contributed by atoms with Gasteiger partial charge in [-0.2, -0.15) is 4.31 Å². The number of nitrogens with zero attached hydrogens (tertiary/aromatic N) is 2. The molecule has 0 unspecified atom stereocenters. The fourth-order valence-electron chi connectivity index (χ4n) is 3.04. The van der Waals surface area contributed by atoms with Gasteiger partial charge in [0.05, 0.1) is 10.0 Å². The number of nitrogens with one attached hydrogen (secondary N) is 1. The van der Waals surface area contributed by atoms with E-state index in [1.54, 1.807) is 13.8 Å². The van der Waals surface area contributed by atoms with Crippen LogP contribution < -0.4 is 15.0 Å². The number of anilines is 1. The molecule has 3 rings (SSSR count). The molecule has 1 heterocycles. The molecule has 1 fully saturated rings. The number of phenols is 1. The van der Waals surface area contributed by atoms with E-state index in [1.807, 2.05) is 0 Å². The number of sulfonamides is 1. The van der Waals surface area contributed by atoms with Gasteiger partial charge in [0.15, 0.2) is 5.75 Å². The minimum Gasteiger partial charge on any atom is -0.507 e. The third-order valence-corrected chi connectivity index (χ3v) is 7.20. The molecule has 0 saturated carbocycles. The molecule has 2 N–H and O–H groups in total. The summed E-state index contributed by atoms with van der Waals surface area (Å²) >= 11 is 12.5. The number of phenolic OH excluding ortho intramolecular Hbond substituents is 1. The van der Waals surface area contributed by atoms with E-state index in [4.69, 9.17) is 27.9 Å². The number of amides is 3. The molecular formula is C19H19Cl2N3O6S. The van der Waals surface area contributed by atoms with Crippen LogP contribution in [0.2, 0.25) is 10.0 Å². The molecule has 0 atom stereocenters. The Morgan fingerprint density at radius 2 is 1.74 bits per heavy atom. The summed E-state index contributed by atoms with van der Waals surface area (Å²) < 4.78 is 32.5. The van der Waals surface area contributed by atoms with Crippen LogP contribution in [0, 0.1) is 0 Å². The Morgan fingerprint density at radius 1 is 1.13 bits per heavy atom. The van der Waals surface area contributed by atoms with Crippen molar-refractivity contribution in [3.05, 3.63) is 40.4 Å². The first kappa shape index (κ1) is 23.1. The molecule has 0 bridgehead atoms. The Hall–Kier alpha value is -2.53. The molecule has 1 aliphatic rings. The number of ether oxygens (including phenoxy) is 1. The molecule has 1 aliphatic heterocycles. The van der Waals surface area contributed by atoms with Crippen molar-refractivity contribution in [2.24, 2.45) is 0 Å². The minimum absolute atomic E-state index is 0.0230. The van der Waals surface area contributed by atoms with Crippen LogP contribution in [0.3, 0.4) is 0 Å². The first-order valence-electron chi connectivity index (χ1n) is 9.19. The van der Waals surface area contributed by atoms with Crippen molar-refractivity contribution in [2.45, 2.75) is 18.7 Å². The lowest BCUT2D eigenvalue weighted by Gasteiger charge is -2.20. The Labute approximate surface area is 189 Å². The Balaban J connectivity index is 1.95. The summed E-state index contributed by atoms with van der Waals surface area (Å²) in [5.41, 5.74) is 0.293. The second-order valence-electron chi connectivity index (χ2n) is 6.50. The summed E-state index contributed by atoms with van der Waals surface area (Å²) in [5, 5.41) is 12.3. The number of benzene rings is 2. The van der Waals surface area contributed by atoms with Gasteiger partial charge in [0.2, 0.25) is 15.9 Å². The molecule has 2 aromatic rings. The summed E-state index contributed by atoms with van der Waals surface area (Å²) in [6.07, 6.45) is 0. The van der Waals surface area contributed by atoms with Crippen molar-refractivity contribution in [3.8, 4) is 17.2 Å². The Kier molecular flexibility index (Phi) is 6.65. The number of hydrogen-bond donors (Lipinski definition) is 2. The van der Waals surface area contributed by atoms with Crippen LogP contribution in [0.5, 0.6) is 17.2 Å². The minimum atomic E-state index is -3.94. The van der Waals surface area contributed by atoms with E-state index in [2.05, 4.69) is 5.32 Å². The first-order chi connectivity index (χ1) is 14.6. The average molecular weight is 488 g/mol. The lowest BCUT2D eigenvalue weighted by Crippen LogP contribution is -2.30. The van der Waals surface area contributed by atoms with E-state index >= 15 is 0 Å². The highest BCUT2D eigenvalue weighted by atomic mass is 35.5. The number of aromatic hydroxyl groups is 1. The molecule has 3 amide bonds. The number of imide groups is 1. The van der Waals surface area contributed by atoms with Gasteiger partial charge in [0, 0.05) is 24.8 Å². The number of urea groups is 1. The second kappa shape index (κ2) is 8.91. The zero-order chi connectivity index (χ0) is 22.9. The van der Waals surface area contributed by atoms with Crippen molar-refractivity contribution in [1.29, 1.82) is 0 Å². The van der Waals surface area contributed by atoms with Gasteiger partial charge >= 0.3 is 6.03 Å². The van der Waals surface area contributed by atoms with Crippen molar-refractivity contribution >= 4 is 50.9 Å². The average Bonchev–Trinajstić information content (AvgIpc) is 3.04. The number of carbonyl (C=O) groups is 2. The van der Waals surface area contributed by atoms with E-state index < -0.39 is 27.7 Å². The highest BCUT2D eigenvalue weighted by Gasteiger charge is 2.29. The highest BCUT2D eigenvalue weighted by Crippen LogP contribution is 2.41. The molecule has 0 aliphatic carbocycles. The van der Waals surface area contributed by atoms with Gasteiger partial charge in [-0.1, -0.05) is 37.0 Å². The Morgan fingerprint density at radius 3 is 2.26 bits per heavy atom. The predicted molar refractivity (Wildman–Crippen MR) is 116 cm³/mol.